The van der Waals surface area contributed by atoms with E-state index in [-0.39, 0.29) is 5.91 Å². The molecule has 0 fully saturated rings. The first-order valence-corrected chi connectivity index (χ1v) is 6.69. The zero-order valence-electron chi connectivity index (χ0n) is 10.5. The molecule has 0 saturated carbocycles. The third-order valence-electron chi connectivity index (χ3n) is 2.58. The van der Waals surface area contributed by atoms with Crippen LogP contribution in [0.25, 0.3) is 6.08 Å². The van der Waals surface area contributed by atoms with E-state index in [0.29, 0.717) is 17.0 Å². The second kappa shape index (κ2) is 6.38. The van der Waals surface area contributed by atoms with Gasteiger partial charge in [0, 0.05) is 12.6 Å². The normalized spacial score (nSPS) is 10.8. The Balaban J connectivity index is 1.84. The number of carbonyl (C=O) groups is 1. The Kier molecular flexibility index (Phi) is 4.58. The van der Waals surface area contributed by atoms with Gasteiger partial charge in [0.15, 0.2) is 4.67 Å². The highest BCUT2D eigenvalue weighted by Gasteiger charge is 1.98. The molecule has 0 aliphatic heterocycles. The van der Waals surface area contributed by atoms with Gasteiger partial charge in [-0.1, -0.05) is 29.8 Å². The van der Waals surface area contributed by atoms with Crippen molar-refractivity contribution in [2.45, 2.75) is 13.5 Å². The first kappa shape index (κ1) is 13.6. The van der Waals surface area contributed by atoms with Gasteiger partial charge in [0.1, 0.15) is 5.76 Å². The van der Waals surface area contributed by atoms with Crippen LogP contribution in [0.4, 0.5) is 0 Å². The van der Waals surface area contributed by atoms with Crippen LogP contribution in [0.3, 0.4) is 0 Å². The molecule has 0 aliphatic rings. The first-order chi connectivity index (χ1) is 9.13. The van der Waals surface area contributed by atoms with Crippen LogP contribution in [0.1, 0.15) is 16.9 Å². The lowest BCUT2D eigenvalue weighted by molar-refractivity contribution is -0.116. The molecule has 2 aromatic rings. The molecule has 1 heterocycles. The number of halogens is 1. The maximum Gasteiger partial charge on any atom is 0.244 e. The minimum atomic E-state index is -0.145. The molecule has 1 aromatic heterocycles. The molecule has 1 N–H and O–H groups in total. The quantitative estimate of drug-likeness (QED) is 0.873. The minimum absolute atomic E-state index is 0.145. The van der Waals surface area contributed by atoms with Crippen LogP contribution in [-0.4, -0.2) is 5.91 Å². The highest BCUT2D eigenvalue weighted by molar-refractivity contribution is 9.10. The van der Waals surface area contributed by atoms with Gasteiger partial charge in [0.2, 0.25) is 5.91 Å². The van der Waals surface area contributed by atoms with Gasteiger partial charge in [-0.3, -0.25) is 4.79 Å². The Labute approximate surface area is 120 Å². The number of rotatable bonds is 4. The summed E-state index contributed by atoms with van der Waals surface area (Å²) in [6.07, 6.45) is 3.09. The molecule has 98 valence electrons. The molecular formula is C15H14BrNO2. The lowest BCUT2D eigenvalue weighted by Crippen LogP contribution is -2.20. The van der Waals surface area contributed by atoms with Crippen molar-refractivity contribution in [1.82, 2.24) is 5.32 Å². The van der Waals surface area contributed by atoms with Crippen molar-refractivity contribution in [1.29, 1.82) is 0 Å². The highest BCUT2D eigenvalue weighted by Crippen LogP contribution is 2.14. The molecule has 0 radical (unpaired) electrons. The molecule has 0 atom stereocenters. The topological polar surface area (TPSA) is 42.2 Å². The van der Waals surface area contributed by atoms with Crippen LogP contribution in [0, 0.1) is 6.92 Å². The molecule has 4 heteroatoms. The van der Waals surface area contributed by atoms with E-state index < -0.39 is 0 Å². The van der Waals surface area contributed by atoms with Crippen LogP contribution in [0.15, 0.2) is 51.6 Å². The van der Waals surface area contributed by atoms with Crippen molar-refractivity contribution in [3.05, 3.63) is 64.0 Å². The Bertz CT molecular complexity index is 584. The van der Waals surface area contributed by atoms with Gasteiger partial charge in [0.25, 0.3) is 0 Å². The number of aryl methyl sites for hydroxylation is 1. The number of carbonyl (C=O) groups excluding carboxylic acids is 1. The molecule has 0 saturated heterocycles. The third-order valence-corrected chi connectivity index (χ3v) is 3.01. The highest BCUT2D eigenvalue weighted by atomic mass is 79.9. The molecule has 0 unspecified atom stereocenters. The Morgan fingerprint density at radius 2 is 2.00 bits per heavy atom. The molecule has 2 rings (SSSR count). The van der Waals surface area contributed by atoms with Crippen molar-refractivity contribution in [2.24, 2.45) is 0 Å². The molecule has 0 bridgehead atoms. The first-order valence-electron chi connectivity index (χ1n) is 5.90. The molecule has 0 aliphatic carbocycles. The van der Waals surface area contributed by atoms with Gasteiger partial charge < -0.3 is 9.73 Å². The average molecular weight is 320 g/mol. The Hall–Kier alpha value is -1.81. The summed E-state index contributed by atoms with van der Waals surface area (Å²) in [6.45, 7) is 2.55. The number of amides is 1. The van der Waals surface area contributed by atoms with E-state index >= 15 is 0 Å². The van der Waals surface area contributed by atoms with Crippen LogP contribution >= 0.6 is 15.9 Å². The Morgan fingerprint density at radius 3 is 2.63 bits per heavy atom. The largest absolute Gasteiger partial charge is 0.450 e. The van der Waals surface area contributed by atoms with E-state index in [4.69, 9.17) is 4.42 Å². The van der Waals surface area contributed by atoms with Crippen molar-refractivity contribution >= 4 is 27.9 Å². The lowest BCUT2D eigenvalue weighted by atomic mass is 10.1. The van der Waals surface area contributed by atoms with Crippen molar-refractivity contribution in [3.63, 3.8) is 0 Å². The van der Waals surface area contributed by atoms with Crippen LogP contribution in [-0.2, 0) is 11.3 Å². The molecule has 3 nitrogen and oxygen atoms in total. The summed E-state index contributed by atoms with van der Waals surface area (Å²) in [6, 6.07) is 11.6. The van der Waals surface area contributed by atoms with Crippen molar-refractivity contribution in [2.75, 3.05) is 0 Å². The smallest absolute Gasteiger partial charge is 0.244 e. The SMILES string of the molecule is Cc1ccc(CNC(=O)/C=C/c2ccc(Br)o2)cc1. The van der Waals surface area contributed by atoms with E-state index in [2.05, 4.69) is 21.2 Å². The van der Waals surface area contributed by atoms with E-state index in [0.717, 1.165) is 5.56 Å². The van der Waals surface area contributed by atoms with E-state index in [1.165, 1.54) is 11.6 Å². The maximum atomic E-state index is 11.6. The van der Waals surface area contributed by atoms with Crippen LogP contribution < -0.4 is 5.32 Å². The van der Waals surface area contributed by atoms with Gasteiger partial charge in [-0.05, 0) is 46.6 Å². The number of hydrogen-bond donors (Lipinski definition) is 1. The van der Waals surface area contributed by atoms with Gasteiger partial charge in [0.05, 0.1) is 0 Å². The molecule has 1 amide bonds. The predicted molar refractivity (Wildman–Crippen MR) is 78.5 cm³/mol. The molecule has 1 aromatic carbocycles. The summed E-state index contributed by atoms with van der Waals surface area (Å²) in [5.74, 6) is 0.491. The number of hydrogen-bond acceptors (Lipinski definition) is 2. The predicted octanol–water partition coefficient (Wildman–Crippen LogP) is 3.68. The van der Waals surface area contributed by atoms with Crippen LogP contribution in [0.5, 0.6) is 0 Å². The van der Waals surface area contributed by atoms with Gasteiger partial charge in [-0.25, -0.2) is 0 Å². The van der Waals surface area contributed by atoms with Gasteiger partial charge in [-0.15, -0.1) is 0 Å². The molecular weight excluding hydrogens is 306 g/mol. The standard InChI is InChI=1S/C15H14BrNO2/c1-11-2-4-12(5-3-11)10-17-15(18)9-7-13-6-8-14(16)19-13/h2-9H,10H2,1H3,(H,17,18)/b9-7+. The summed E-state index contributed by atoms with van der Waals surface area (Å²) in [7, 11) is 0. The second-order valence-corrected chi connectivity index (χ2v) is 4.96. The van der Waals surface area contributed by atoms with E-state index in [1.54, 1.807) is 18.2 Å². The second-order valence-electron chi connectivity index (χ2n) is 4.18. The summed E-state index contributed by atoms with van der Waals surface area (Å²) in [5, 5.41) is 2.82. The maximum absolute atomic E-state index is 11.6. The Morgan fingerprint density at radius 1 is 1.26 bits per heavy atom. The summed E-state index contributed by atoms with van der Waals surface area (Å²) in [5.41, 5.74) is 2.28. The number of benzene rings is 1. The van der Waals surface area contributed by atoms with Gasteiger partial charge >= 0.3 is 0 Å². The summed E-state index contributed by atoms with van der Waals surface area (Å²) in [4.78, 5) is 11.6. The zero-order chi connectivity index (χ0) is 13.7. The minimum Gasteiger partial charge on any atom is -0.450 e. The third kappa shape index (κ3) is 4.41. The molecule has 19 heavy (non-hydrogen) atoms. The van der Waals surface area contributed by atoms with Crippen molar-refractivity contribution < 1.29 is 9.21 Å². The van der Waals surface area contributed by atoms with Crippen molar-refractivity contribution in [3.8, 4) is 0 Å². The van der Waals surface area contributed by atoms with E-state index in [9.17, 15) is 4.79 Å². The summed E-state index contributed by atoms with van der Waals surface area (Å²) >= 11 is 3.21. The summed E-state index contributed by atoms with van der Waals surface area (Å²) < 4.78 is 5.91. The van der Waals surface area contributed by atoms with E-state index in [1.807, 2.05) is 31.2 Å². The average Bonchev–Trinajstić information content (AvgIpc) is 2.81. The fraction of sp³-hybridized carbons (Fsp3) is 0.133. The lowest BCUT2D eigenvalue weighted by Gasteiger charge is -2.02. The fourth-order valence-electron chi connectivity index (χ4n) is 1.53. The van der Waals surface area contributed by atoms with Gasteiger partial charge in [-0.2, -0.15) is 0 Å². The number of nitrogens with one attached hydrogen (secondary N) is 1. The number of furan rings is 1. The fourth-order valence-corrected chi connectivity index (χ4v) is 1.85. The van der Waals surface area contributed by atoms with Crippen LogP contribution in [0.2, 0.25) is 0 Å². The monoisotopic (exact) mass is 319 g/mol. The molecule has 0 spiro atoms. The zero-order valence-corrected chi connectivity index (χ0v) is 12.1.